The Morgan fingerprint density at radius 2 is 1.76 bits per heavy atom. The lowest BCUT2D eigenvalue weighted by Crippen LogP contribution is -2.28. The van der Waals surface area contributed by atoms with Gasteiger partial charge in [-0.3, -0.25) is 9.59 Å². The SMILES string of the molecule is N#Cc1ccc2c(c1)C(=O)C(C(=O)Cc1ccc(N3C4CCC3CC4)cc1C(F)(F)F)=CC2. The minimum absolute atomic E-state index is 0.118. The Morgan fingerprint density at radius 1 is 1.06 bits per heavy atom. The quantitative estimate of drug-likeness (QED) is 0.602. The highest BCUT2D eigenvalue weighted by molar-refractivity contribution is 6.27. The third-order valence-electron chi connectivity index (χ3n) is 7.06. The molecule has 1 aliphatic carbocycles. The van der Waals surface area contributed by atoms with Gasteiger partial charge in [0.2, 0.25) is 0 Å². The molecule has 0 atom stereocenters. The summed E-state index contributed by atoms with van der Waals surface area (Å²) in [4.78, 5) is 27.9. The Morgan fingerprint density at radius 3 is 2.39 bits per heavy atom. The van der Waals surface area contributed by atoms with Crippen LogP contribution in [-0.4, -0.2) is 23.7 Å². The van der Waals surface area contributed by atoms with Gasteiger partial charge in [0.25, 0.3) is 0 Å². The standard InChI is InChI=1S/C26H21F3N2O2/c27-26(28,29)23-13-20(31-18-6-7-19(31)9-8-18)5-3-17(23)12-24(32)21-10-4-16-2-1-15(14-30)11-22(16)25(21)33/h1-3,5,10-11,13,18-19H,4,6-9,12H2. The van der Waals surface area contributed by atoms with Gasteiger partial charge >= 0.3 is 6.18 Å². The van der Waals surface area contributed by atoms with Gasteiger partial charge in [0.15, 0.2) is 11.6 Å². The molecule has 0 aromatic heterocycles. The van der Waals surface area contributed by atoms with Gasteiger partial charge in [-0.1, -0.05) is 18.2 Å². The molecule has 4 nitrogen and oxygen atoms in total. The molecule has 2 aliphatic heterocycles. The number of carbonyl (C=O) groups is 2. The maximum Gasteiger partial charge on any atom is 0.416 e. The smallest absolute Gasteiger partial charge is 0.366 e. The van der Waals surface area contributed by atoms with Crippen LogP contribution < -0.4 is 4.90 Å². The Hall–Kier alpha value is -3.40. The minimum Gasteiger partial charge on any atom is -0.366 e. The third kappa shape index (κ3) is 3.74. The molecule has 168 valence electrons. The van der Waals surface area contributed by atoms with Crippen LogP contribution in [-0.2, 0) is 23.8 Å². The summed E-state index contributed by atoms with van der Waals surface area (Å²) in [6, 6.07) is 11.4. The fourth-order valence-corrected chi connectivity index (χ4v) is 5.47. The van der Waals surface area contributed by atoms with E-state index in [1.54, 1.807) is 18.2 Å². The van der Waals surface area contributed by atoms with E-state index in [4.69, 9.17) is 5.26 Å². The number of anilines is 1. The zero-order valence-corrected chi connectivity index (χ0v) is 17.8. The van der Waals surface area contributed by atoms with E-state index in [-0.39, 0.29) is 28.8 Å². The summed E-state index contributed by atoms with van der Waals surface area (Å²) < 4.78 is 41.8. The summed E-state index contributed by atoms with van der Waals surface area (Å²) >= 11 is 0. The van der Waals surface area contributed by atoms with Crippen LogP contribution in [0.5, 0.6) is 0 Å². The van der Waals surface area contributed by atoms with Crippen LogP contribution in [0.25, 0.3) is 0 Å². The second-order valence-electron chi connectivity index (χ2n) is 8.94. The molecule has 2 saturated heterocycles. The summed E-state index contributed by atoms with van der Waals surface area (Å²) in [6.45, 7) is 0. The van der Waals surface area contributed by atoms with E-state index in [9.17, 15) is 22.8 Å². The predicted molar refractivity (Wildman–Crippen MR) is 116 cm³/mol. The molecule has 0 spiro atoms. The van der Waals surface area contributed by atoms with E-state index in [1.165, 1.54) is 18.2 Å². The summed E-state index contributed by atoms with van der Waals surface area (Å²) in [5.74, 6) is -1.19. The maximum absolute atomic E-state index is 13.9. The van der Waals surface area contributed by atoms with Crippen molar-refractivity contribution in [3.63, 3.8) is 0 Å². The number of halogens is 3. The summed E-state index contributed by atoms with van der Waals surface area (Å²) in [7, 11) is 0. The number of nitriles is 1. The molecule has 0 N–H and O–H groups in total. The first-order valence-corrected chi connectivity index (χ1v) is 11.1. The van der Waals surface area contributed by atoms with Crippen molar-refractivity contribution in [1.82, 2.24) is 0 Å². The lowest BCUT2D eigenvalue weighted by molar-refractivity contribution is -0.138. The normalized spacial score (nSPS) is 21.6. The number of rotatable bonds is 4. The molecule has 7 heteroatoms. The fraction of sp³-hybridized carbons (Fsp3) is 0.346. The zero-order valence-electron chi connectivity index (χ0n) is 17.8. The number of benzene rings is 2. The molecule has 2 bridgehead atoms. The van der Waals surface area contributed by atoms with Crippen molar-refractivity contribution >= 4 is 17.3 Å². The van der Waals surface area contributed by atoms with E-state index in [0.717, 1.165) is 31.7 Å². The second-order valence-corrected chi connectivity index (χ2v) is 8.94. The van der Waals surface area contributed by atoms with Crippen LogP contribution in [0.3, 0.4) is 0 Å². The molecule has 2 aromatic carbocycles. The largest absolute Gasteiger partial charge is 0.416 e. The summed E-state index contributed by atoms with van der Waals surface area (Å²) in [5, 5.41) is 9.09. The molecule has 0 amide bonds. The van der Waals surface area contributed by atoms with Crippen molar-refractivity contribution in [1.29, 1.82) is 5.26 Å². The Bertz CT molecular complexity index is 1220. The van der Waals surface area contributed by atoms with Crippen LogP contribution in [0.2, 0.25) is 0 Å². The van der Waals surface area contributed by atoms with Crippen LogP contribution in [0.15, 0.2) is 48.0 Å². The fourth-order valence-electron chi connectivity index (χ4n) is 5.47. The lowest BCUT2D eigenvalue weighted by Gasteiger charge is -2.26. The predicted octanol–water partition coefficient (Wildman–Crippen LogP) is 5.19. The monoisotopic (exact) mass is 450 g/mol. The van der Waals surface area contributed by atoms with Crippen molar-refractivity contribution in [2.75, 3.05) is 4.90 Å². The first-order chi connectivity index (χ1) is 15.8. The third-order valence-corrected chi connectivity index (χ3v) is 7.06. The van der Waals surface area contributed by atoms with Gasteiger partial charge in [-0.25, -0.2) is 0 Å². The van der Waals surface area contributed by atoms with Crippen LogP contribution in [0.4, 0.5) is 18.9 Å². The average molecular weight is 450 g/mol. The Labute approximate surface area is 189 Å². The van der Waals surface area contributed by atoms with Crippen molar-refractivity contribution in [3.05, 3.63) is 75.9 Å². The Kier molecular flexibility index (Phi) is 5.12. The number of hydrogen-bond donors (Lipinski definition) is 0. The average Bonchev–Trinajstić information content (AvgIpc) is 3.39. The highest BCUT2D eigenvalue weighted by Crippen LogP contribution is 2.43. The topological polar surface area (TPSA) is 61.2 Å². The van der Waals surface area contributed by atoms with E-state index in [0.29, 0.717) is 23.2 Å². The second kappa shape index (κ2) is 7.87. The highest BCUT2D eigenvalue weighted by atomic mass is 19.4. The summed E-state index contributed by atoms with van der Waals surface area (Å²) in [5.41, 5.74) is 0.721. The minimum atomic E-state index is -4.61. The molecule has 2 aromatic rings. The van der Waals surface area contributed by atoms with Crippen molar-refractivity contribution in [2.45, 2.75) is 56.8 Å². The molecule has 5 rings (SSSR count). The van der Waals surface area contributed by atoms with Gasteiger partial charge < -0.3 is 4.90 Å². The molecule has 0 unspecified atom stereocenters. The van der Waals surface area contributed by atoms with Crippen LogP contribution in [0, 0.1) is 11.3 Å². The van der Waals surface area contributed by atoms with Gasteiger partial charge in [-0.15, -0.1) is 0 Å². The van der Waals surface area contributed by atoms with Crippen molar-refractivity contribution < 1.29 is 22.8 Å². The van der Waals surface area contributed by atoms with Crippen LogP contribution in [0.1, 0.15) is 58.3 Å². The van der Waals surface area contributed by atoms with Gasteiger partial charge in [0, 0.05) is 29.8 Å². The van der Waals surface area contributed by atoms with Gasteiger partial charge in [-0.05, 0) is 67.5 Å². The molecule has 0 saturated carbocycles. The zero-order chi connectivity index (χ0) is 23.3. The number of hydrogen-bond acceptors (Lipinski definition) is 4. The number of alkyl halides is 3. The Balaban J connectivity index is 1.43. The molecule has 3 aliphatic rings. The maximum atomic E-state index is 13.9. The molecular formula is C26H21F3N2O2. The van der Waals surface area contributed by atoms with E-state index in [2.05, 4.69) is 4.90 Å². The lowest BCUT2D eigenvalue weighted by atomic mass is 9.85. The van der Waals surface area contributed by atoms with Gasteiger partial charge in [0.1, 0.15) is 0 Å². The van der Waals surface area contributed by atoms with Gasteiger partial charge in [-0.2, -0.15) is 18.4 Å². The number of fused-ring (bicyclic) bond motifs is 3. The van der Waals surface area contributed by atoms with Crippen molar-refractivity contribution in [3.8, 4) is 6.07 Å². The first-order valence-electron chi connectivity index (χ1n) is 11.1. The molecule has 2 heterocycles. The highest BCUT2D eigenvalue weighted by Gasteiger charge is 2.41. The molecule has 33 heavy (non-hydrogen) atoms. The van der Waals surface area contributed by atoms with Gasteiger partial charge in [0.05, 0.1) is 22.8 Å². The number of nitrogens with zero attached hydrogens (tertiary/aromatic N) is 2. The first kappa shape index (κ1) is 21.4. The van der Waals surface area contributed by atoms with E-state index >= 15 is 0 Å². The van der Waals surface area contributed by atoms with Crippen molar-refractivity contribution in [2.24, 2.45) is 0 Å². The molecule has 0 radical (unpaired) electrons. The molecule has 2 fully saturated rings. The van der Waals surface area contributed by atoms with Crippen LogP contribution >= 0.6 is 0 Å². The molecular weight excluding hydrogens is 429 g/mol. The van der Waals surface area contributed by atoms with E-state index in [1.807, 2.05) is 6.07 Å². The van der Waals surface area contributed by atoms with E-state index < -0.39 is 29.7 Å². The number of Topliss-reactive ketones (excluding diaryl/α,β-unsaturated/α-hetero) is 2. The summed E-state index contributed by atoms with van der Waals surface area (Å²) in [6.07, 6.45) is 0.666. The number of allylic oxidation sites excluding steroid dienone is 2. The number of carbonyl (C=O) groups excluding carboxylic acids is 2. The number of ketones is 2.